The molecule has 1 aromatic carbocycles. The first-order valence-electron chi connectivity index (χ1n) is 6.98. The first-order chi connectivity index (χ1) is 11.1. The number of hydrogen-bond acceptors (Lipinski definition) is 6. The van der Waals surface area contributed by atoms with Crippen molar-refractivity contribution < 1.29 is 4.74 Å². The quantitative estimate of drug-likeness (QED) is 0.766. The zero-order chi connectivity index (χ0) is 16.4. The summed E-state index contributed by atoms with van der Waals surface area (Å²) in [4.78, 5) is 16.3. The summed E-state index contributed by atoms with van der Waals surface area (Å²) < 4.78 is 8.24. The maximum atomic E-state index is 12.1. The van der Waals surface area contributed by atoms with Crippen molar-refractivity contribution in [2.24, 2.45) is 7.05 Å². The summed E-state index contributed by atoms with van der Waals surface area (Å²) >= 11 is 0. The third kappa shape index (κ3) is 2.91. The van der Waals surface area contributed by atoms with Gasteiger partial charge in [-0.15, -0.1) is 0 Å². The van der Waals surface area contributed by atoms with Crippen LogP contribution >= 0.6 is 0 Å². The van der Waals surface area contributed by atoms with Crippen molar-refractivity contribution >= 4 is 5.69 Å². The first-order valence-corrected chi connectivity index (χ1v) is 6.98. The van der Waals surface area contributed by atoms with Gasteiger partial charge in [0.25, 0.3) is 0 Å². The normalized spacial score (nSPS) is 10.7. The van der Waals surface area contributed by atoms with Crippen LogP contribution in [-0.4, -0.2) is 24.8 Å². The molecule has 0 amide bonds. The van der Waals surface area contributed by atoms with E-state index in [9.17, 15) is 4.79 Å². The van der Waals surface area contributed by atoms with Gasteiger partial charge in [-0.2, -0.15) is 9.36 Å². The summed E-state index contributed by atoms with van der Waals surface area (Å²) in [5.41, 5.74) is 8.03. The first kappa shape index (κ1) is 14.8. The third-order valence-corrected chi connectivity index (χ3v) is 3.35. The number of nitrogens with two attached hydrogens (primary N) is 1. The SMILES string of the molecule is Cc1cccc(-n2nnn(C)c2=O)c1OCc1ccc(N)cn1. The molecule has 0 spiro atoms. The molecule has 0 saturated heterocycles. The minimum absolute atomic E-state index is 0.257. The Kier molecular flexibility index (Phi) is 3.80. The Labute approximate surface area is 132 Å². The lowest BCUT2D eigenvalue weighted by atomic mass is 10.2. The predicted molar refractivity (Wildman–Crippen MR) is 84.3 cm³/mol. The number of nitrogens with zero attached hydrogens (tertiary/aromatic N) is 5. The van der Waals surface area contributed by atoms with E-state index in [1.807, 2.05) is 19.1 Å². The minimum atomic E-state index is -0.342. The lowest BCUT2D eigenvalue weighted by molar-refractivity contribution is 0.297. The predicted octanol–water partition coefficient (Wildman–Crippen LogP) is 0.831. The van der Waals surface area contributed by atoms with E-state index in [2.05, 4.69) is 15.4 Å². The molecule has 0 saturated carbocycles. The Morgan fingerprint density at radius 2 is 2.04 bits per heavy atom. The van der Waals surface area contributed by atoms with E-state index >= 15 is 0 Å². The summed E-state index contributed by atoms with van der Waals surface area (Å²) in [5.74, 6) is 0.564. The topological polar surface area (TPSA) is 101 Å². The average Bonchev–Trinajstić information content (AvgIpc) is 2.87. The number of ether oxygens (including phenoxy) is 1. The number of aryl methyl sites for hydroxylation is 2. The van der Waals surface area contributed by atoms with Crippen molar-refractivity contribution in [3.8, 4) is 11.4 Å². The minimum Gasteiger partial charge on any atom is -0.485 e. The molecule has 2 aromatic heterocycles. The molecule has 0 radical (unpaired) electrons. The van der Waals surface area contributed by atoms with E-state index in [0.717, 1.165) is 15.9 Å². The molecule has 3 rings (SSSR count). The molecule has 0 fully saturated rings. The Bertz CT molecular complexity index is 882. The average molecular weight is 312 g/mol. The number of aromatic nitrogens is 5. The van der Waals surface area contributed by atoms with Gasteiger partial charge in [0, 0.05) is 7.05 Å². The Balaban J connectivity index is 1.94. The smallest absolute Gasteiger partial charge is 0.368 e. The van der Waals surface area contributed by atoms with Gasteiger partial charge >= 0.3 is 5.69 Å². The summed E-state index contributed by atoms with van der Waals surface area (Å²) in [7, 11) is 1.54. The van der Waals surface area contributed by atoms with Crippen LogP contribution in [0.3, 0.4) is 0 Å². The van der Waals surface area contributed by atoms with Crippen LogP contribution in [0.15, 0.2) is 41.3 Å². The van der Waals surface area contributed by atoms with Crippen molar-refractivity contribution in [1.29, 1.82) is 0 Å². The second kappa shape index (κ2) is 5.91. The van der Waals surface area contributed by atoms with E-state index in [4.69, 9.17) is 10.5 Å². The van der Waals surface area contributed by atoms with E-state index < -0.39 is 0 Å². The molecule has 0 aliphatic rings. The van der Waals surface area contributed by atoms with Crippen molar-refractivity contribution in [3.05, 3.63) is 58.3 Å². The number of anilines is 1. The molecule has 2 N–H and O–H groups in total. The maximum Gasteiger partial charge on any atom is 0.368 e. The van der Waals surface area contributed by atoms with Crippen LogP contribution in [0.25, 0.3) is 5.69 Å². The molecular formula is C15H16N6O2. The Hall–Kier alpha value is -3.16. The van der Waals surface area contributed by atoms with Crippen molar-refractivity contribution in [2.45, 2.75) is 13.5 Å². The fourth-order valence-electron chi connectivity index (χ4n) is 2.12. The number of pyridine rings is 1. The molecule has 0 atom stereocenters. The van der Waals surface area contributed by atoms with Gasteiger partial charge in [-0.05, 0) is 41.1 Å². The molecule has 8 heteroatoms. The summed E-state index contributed by atoms with van der Waals surface area (Å²) in [6, 6.07) is 9.05. The van der Waals surface area contributed by atoms with Crippen LogP contribution in [0.1, 0.15) is 11.3 Å². The molecule has 2 heterocycles. The molecule has 118 valence electrons. The zero-order valence-corrected chi connectivity index (χ0v) is 12.8. The molecule has 0 bridgehead atoms. The largest absolute Gasteiger partial charge is 0.485 e. The van der Waals surface area contributed by atoms with E-state index in [1.54, 1.807) is 31.4 Å². The number of nitrogen functional groups attached to an aromatic ring is 1. The van der Waals surface area contributed by atoms with Crippen LogP contribution in [0.2, 0.25) is 0 Å². The van der Waals surface area contributed by atoms with Gasteiger partial charge in [-0.1, -0.05) is 12.1 Å². The number of rotatable bonds is 4. The number of tetrazole rings is 1. The van der Waals surface area contributed by atoms with Crippen LogP contribution in [0, 0.1) is 6.92 Å². The van der Waals surface area contributed by atoms with Gasteiger partial charge < -0.3 is 10.5 Å². The summed E-state index contributed by atoms with van der Waals surface area (Å²) in [6.07, 6.45) is 1.57. The standard InChI is InChI=1S/C15H16N6O2/c1-10-4-3-5-13(21-15(22)20(2)18-19-21)14(10)23-9-12-7-6-11(16)8-17-12/h3-8H,9,16H2,1-2H3. The summed E-state index contributed by atoms with van der Waals surface area (Å²) in [5, 5.41) is 7.59. The van der Waals surface area contributed by atoms with Gasteiger partial charge in [0.1, 0.15) is 18.0 Å². The van der Waals surface area contributed by atoms with Crippen molar-refractivity contribution in [3.63, 3.8) is 0 Å². The highest BCUT2D eigenvalue weighted by atomic mass is 16.5. The second-order valence-electron chi connectivity index (χ2n) is 5.09. The zero-order valence-electron chi connectivity index (χ0n) is 12.8. The molecule has 0 aliphatic heterocycles. The molecule has 23 heavy (non-hydrogen) atoms. The van der Waals surface area contributed by atoms with E-state index in [1.165, 1.54) is 4.68 Å². The summed E-state index contributed by atoms with van der Waals surface area (Å²) in [6.45, 7) is 2.16. The van der Waals surface area contributed by atoms with Gasteiger partial charge in [0.05, 0.1) is 17.6 Å². The third-order valence-electron chi connectivity index (χ3n) is 3.35. The maximum absolute atomic E-state index is 12.1. The monoisotopic (exact) mass is 312 g/mol. The fraction of sp³-hybridized carbons (Fsp3) is 0.200. The van der Waals surface area contributed by atoms with Gasteiger partial charge in [0.15, 0.2) is 0 Å². The molecule has 3 aromatic rings. The number of hydrogen-bond donors (Lipinski definition) is 1. The molecule has 8 nitrogen and oxygen atoms in total. The Morgan fingerprint density at radius 1 is 1.22 bits per heavy atom. The molecule has 0 unspecified atom stereocenters. The highest BCUT2D eigenvalue weighted by Gasteiger charge is 2.14. The highest BCUT2D eigenvalue weighted by molar-refractivity contribution is 5.50. The van der Waals surface area contributed by atoms with Crippen LogP contribution in [-0.2, 0) is 13.7 Å². The second-order valence-corrected chi connectivity index (χ2v) is 5.09. The Morgan fingerprint density at radius 3 is 2.70 bits per heavy atom. The fourth-order valence-corrected chi connectivity index (χ4v) is 2.12. The lowest BCUT2D eigenvalue weighted by Crippen LogP contribution is -2.22. The number of benzene rings is 1. The van der Waals surface area contributed by atoms with Gasteiger partial charge in [-0.3, -0.25) is 4.98 Å². The number of para-hydroxylation sites is 1. The lowest BCUT2D eigenvalue weighted by Gasteiger charge is -2.13. The van der Waals surface area contributed by atoms with Gasteiger partial charge in [-0.25, -0.2) is 4.79 Å². The van der Waals surface area contributed by atoms with Crippen molar-refractivity contribution in [1.82, 2.24) is 24.8 Å². The van der Waals surface area contributed by atoms with Gasteiger partial charge in [0.2, 0.25) is 0 Å². The molecule has 0 aliphatic carbocycles. The molecular weight excluding hydrogens is 296 g/mol. The van der Waals surface area contributed by atoms with E-state index in [-0.39, 0.29) is 12.3 Å². The van der Waals surface area contributed by atoms with Crippen molar-refractivity contribution in [2.75, 3.05) is 5.73 Å². The van der Waals surface area contributed by atoms with E-state index in [0.29, 0.717) is 17.1 Å². The van der Waals surface area contributed by atoms with Crippen LogP contribution in [0.5, 0.6) is 5.75 Å². The van der Waals surface area contributed by atoms with Crippen LogP contribution in [0.4, 0.5) is 5.69 Å². The highest BCUT2D eigenvalue weighted by Crippen LogP contribution is 2.26. The van der Waals surface area contributed by atoms with Crippen LogP contribution < -0.4 is 16.2 Å².